The molecule has 20 heavy (non-hydrogen) atoms. The summed E-state index contributed by atoms with van der Waals surface area (Å²) in [5, 5.41) is 3.41. The van der Waals surface area contributed by atoms with Crippen molar-refractivity contribution >= 4 is 5.69 Å². The highest BCUT2D eigenvalue weighted by Gasteiger charge is 2.13. The third-order valence-corrected chi connectivity index (χ3v) is 3.01. The van der Waals surface area contributed by atoms with Crippen molar-refractivity contribution in [2.45, 2.75) is 12.5 Å². The van der Waals surface area contributed by atoms with E-state index in [1.807, 2.05) is 36.4 Å². The molecule has 4 nitrogen and oxygen atoms in total. The fourth-order valence-corrected chi connectivity index (χ4v) is 2.03. The molecular weight excluding hydrogens is 254 g/mol. The van der Waals surface area contributed by atoms with Gasteiger partial charge in [-0.1, -0.05) is 6.08 Å². The molecule has 4 heteroatoms. The highest BCUT2D eigenvalue weighted by molar-refractivity contribution is 5.55. The van der Waals surface area contributed by atoms with Crippen LogP contribution in [0.15, 0.2) is 53.7 Å². The highest BCUT2D eigenvalue weighted by atomic mass is 16.5. The smallest absolute Gasteiger partial charge is 0.162 e. The predicted octanol–water partition coefficient (Wildman–Crippen LogP) is 4.03. The van der Waals surface area contributed by atoms with Crippen LogP contribution in [0.25, 0.3) is 0 Å². The Morgan fingerprint density at radius 3 is 2.65 bits per heavy atom. The average Bonchev–Trinajstić information content (AvgIpc) is 3.00. The molecule has 0 bridgehead atoms. The van der Waals surface area contributed by atoms with E-state index in [0.717, 1.165) is 17.9 Å². The van der Waals surface area contributed by atoms with Gasteiger partial charge in [-0.3, -0.25) is 0 Å². The monoisotopic (exact) mass is 273 g/mol. The summed E-state index contributed by atoms with van der Waals surface area (Å²) in [7, 11) is 3.24. The van der Waals surface area contributed by atoms with Crippen LogP contribution in [0.4, 0.5) is 5.69 Å². The Kier molecular flexibility index (Phi) is 4.71. The number of nitrogens with one attached hydrogen (secondary N) is 1. The van der Waals surface area contributed by atoms with Crippen molar-refractivity contribution in [1.29, 1.82) is 0 Å². The van der Waals surface area contributed by atoms with Crippen molar-refractivity contribution < 1.29 is 13.9 Å². The SMILES string of the molecule is C=CCC(Nc1ccc(OC)c(OC)c1)c1ccco1. The van der Waals surface area contributed by atoms with Crippen molar-refractivity contribution in [1.82, 2.24) is 0 Å². The van der Waals surface area contributed by atoms with E-state index in [2.05, 4.69) is 11.9 Å². The Hall–Kier alpha value is -2.36. The van der Waals surface area contributed by atoms with Gasteiger partial charge in [0.2, 0.25) is 0 Å². The van der Waals surface area contributed by atoms with E-state index in [-0.39, 0.29) is 6.04 Å². The zero-order valence-electron chi connectivity index (χ0n) is 11.8. The molecule has 0 aliphatic carbocycles. The van der Waals surface area contributed by atoms with Crippen molar-refractivity contribution in [3.8, 4) is 11.5 Å². The van der Waals surface area contributed by atoms with Gasteiger partial charge in [0.1, 0.15) is 5.76 Å². The topological polar surface area (TPSA) is 43.6 Å². The van der Waals surface area contributed by atoms with Gasteiger partial charge in [-0.2, -0.15) is 0 Å². The van der Waals surface area contributed by atoms with Crippen LogP contribution >= 0.6 is 0 Å². The Morgan fingerprint density at radius 1 is 1.25 bits per heavy atom. The Bertz CT molecular complexity index is 549. The summed E-state index contributed by atoms with van der Waals surface area (Å²) in [5.74, 6) is 2.27. The van der Waals surface area contributed by atoms with Gasteiger partial charge in [0.15, 0.2) is 11.5 Å². The fraction of sp³-hybridized carbons (Fsp3) is 0.250. The number of anilines is 1. The van der Waals surface area contributed by atoms with Crippen molar-refractivity contribution in [2.24, 2.45) is 0 Å². The van der Waals surface area contributed by atoms with E-state index in [1.54, 1.807) is 20.5 Å². The number of ether oxygens (including phenoxy) is 2. The second-order valence-electron chi connectivity index (χ2n) is 4.31. The first kappa shape index (κ1) is 14.1. The van der Waals surface area contributed by atoms with Gasteiger partial charge >= 0.3 is 0 Å². The molecule has 0 spiro atoms. The van der Waals surface area contributed by atoms with Gasteiger partial charge < -0.3 is 19.2 Å². The van der Waals surface area contributed by atoms with Gasteiger partial charge in [0.05, 0.1) is 26.5 Å². The van der Waals surface area contributed by atoms with Gasteiger partial charge in [-0.25, -0.2) is 0 Å². The van der Waals surface area contributed by atoms with E-state index >= 15 is 0 Å². The molecule has 0 saturated heterocycles. The lowest BCUT2D eigenvalue weighted by Crippen LogP contribution is -2.09. The molecule has 0 aliphatic heterocycles. The molecule has 0 fully saturated rings. The second kappa shape index (κ2) is 6.70. The van der Waals surface area contributed by atoms with E-state index in [1.165, 1.54) is 0 Å². The average molecular weight is 273 g/mol. The Balaban J connectivity index is 2.20. The number of hydrogen-bond acceptors (Lipinski definition) is 4. The van der Waals surface area contributed by atoms with Gasteiger partial charge in [-0.15, -0.1) is 6.58 Å². The molecule has 106 valence electrons. The van der Waals surface area contributed by atoms with Crippen molar-refractivity contribution in [2.75, 3.05) is 19.5 Å². The number of benzene rings is 1. The summed E-state index contributed by atoms with van der Waals surface area (Å²) >= 11 is 0. The lowest BCUT2D eigenvalue weighted by atomic mass is 10.1. The molecule has 0 saturated carbocycles. The fourth-order valence-electron chi connectivity index (χ4n) is 2.03. The number of rotatable bonds is 7. The maximum Gasteiger partial charge on any atom is 0.162 e. The number of methoxy groups -OCH3 is 2. The van der Waals surface area contributed by atoms with Crippen LogP contribution in [0, 0.1) is 0 Å². The van der Waals surface area contributed by atoms with Crippen molar-refractivity contribution in [3.63, 3.8) is 0 Å². The molecule has 1 heterocycles. The Labute approximate surface area is 119 Å². The molecule has 0 radical (unpaired) electrons. The van der Waals surface area contributed by atoms with E-state index in [4.69, 9.17) is 13.9 Å². The lowest BCUT2D eigenvalue weighted by Gasteiger charge is -2.17. The first-order chi connectivity index (χ1) is 9.78. The summed E-state index contributed by atoms with van der Waals surface area (Å²) in [6.07, 6.45) is 4.30. The molecule has 1 aromatic heterocycles. The minimum absolute atomic E-state index is 0.0422. The summed E-state index contributed by atoms with van der Waals surface area (Å²) in [6.45, 7) is 3.79. The minimum atomic E-state index is 0.0422. The highest BCUT2D eigenvalue weighted by Crippen LogP contribution is 2.32. The van der Waals surface area contributed by atoms with Crippen LogP contribution in [-0.2, 0) is 0 Å². The first-order valence-corrected chi connectivity index (χ1v) is 6.41. The van der Waals surface area contributed by atoms with Crippen molar-refractivity contribution in [3.05, 3.63) is 55.0 Å². The first-order valence-electron chi connectivity index (χ1n) is 6.41. The van der Waals surface area contributed by atoms with Gasteiger partial charge in [0.25, 0.3) is 0 Å². The number of furan rings is 1. The predicted molar refractivity (Wildman–Crippen MR) is 79.4 cm³/mol. The molecule has 1 aromatic carbocycles. The molecule has 2 rings (SSSR count). The summed E-state index contributed by atoms with van der Waals surface area (Å²) in [5.41, 5.74) is 0.936. The lowest BCUT2D eigenvalue weighted by molar-refractivity contribution is 0.355. The van der Waals surface area contributed by atoms with Crippen LogP contribution in [0.3, 0.4) is 0 Å². The van der Waals surface area contributed by atoms with Crippen LogP contribution in [0.5, 0.6) is 11.5 Å². The third kappa shape index (κ3) is 3.15. The summed E-state index contributed by atoms with van der Waals surface area (Å²) in [4.78, 5) is 0. The zero-order valence-corrected chi connectivity index (χ0v) is 11.8. The van der Waals surface area contributed by atoms with Crippen LogP contribution in [0.1, 0.15) is 18.2 Å². The molecule has 1 unspecified atom stereocenters. The van der Waals surface area contributed by atoms with Gasteiger partial charge in [-0.05, 0) is 30.7 Å². The van der Waals surface area contributed by atoms with Gasteiger partial charge in [0, 0.05) is 11.8 Å². The maximum atomic E-state index is 5.46. The third-order valence-electron chi connectivity index (χ3n) is 3.01. The molecule has 0 amide bonds. The Morgan fingerprint density at radius 2 is 2.05 bits per heavy atom. The molecule has 2 aromatic rings. The van der Waals surface area contributed by atoms with Crippen LogP contribution in [-0.4, -0.2) is 14.2 Å². The second-order valence-corrected chi connectivity index (χ2v) is 4.31. The van der Waals surface area contributed by atoms with Crippen LogP contribution < -0.4 is 14.8 Å². The van der Waals surface area contributed by atoms with E-state index in [9.17, 15) is 0 Å². The van der Waals surface area contributed by atoms with Crippen LogP contribution in [0.2, 0.25) is 0 Å². The standard InChI is InChI=1S/C16H19NO3/c1-4-6-13(14-7-5-10-20-14)17-12-8-9-15(18-2)16(11-12)19-3/h4-5,7-11,13,17H,1,6H2,2-3H3. The normalized spacial score (nSPS) is 11.7. The van der Waals surface area contributed by atoms with E-state index in [0.29, 0.717) is 11.5 Å². The quantitative estimate of drug-likeness (QED) is 0.774. The molecule has 1 N–H and O–H groups in total. The molecular formula is C16H19NO3. The number of hydrogen-bond donors (Lipinski definition) is 1. The van der Waals surface area contributed by atoms with E-state index < -0.39 is 0 Å². The molecule has 1 atom stereocenters. The zero-order chi connectivity index (χ0) is 14.4. The molecule has 0 aliphatic rings. The maximum absolute atomic E-state index is 5.46. The minimum Gasteiger partial charge on any atom is -0.493 e. The summed E-state index contributed by atoms with van der Waals surface area (Å²) in [6, 6.07) is 9.58. The summed E-state index contributed by atoms with van der Waals surface area (Å²) < 4.78 is 16.0. The largest absolute Gasteiger partial charge is 0.493 e.